The van der Waals surface area contributed by atoms with E-state index in [2.05, 4.69) is 31.2 Å². The van der Waals surface area contributed by atoms with Crippen molar-refractivity contribution >= 4 is 46.1 Å². The molecule has 2 aromatic heterocycles. The van der Waals surface area contributed by atoms with Crippen LogP contribution in [0.5, 0.6) is 0 Å². The van der Waals surface area contributed by atoms with Gasteiger partial charge < -0.3 is 31.1 Å². The monoisotopic (exact) mass is 730 g/mol. The number of nitrogens with one attached hydrogen (secondary N) is 4. The van der Waals surface area contributed by atoms with Gasteiger partial charge in [-0.25, -0.2) is 9.78 Å². The predicted molar refractivity (Wildman–Crippen MR) is 201 cm³/mol. The number of thiazole rings is 1. The molecule has 2 aromatic carbocycles. The van der Waals surface area contributed by atoms with Gasteiger partial charge in [0, 0.05) is 36.3 Å². The summed E-state index contributed by atoms with van der Waals surface area (Å²) in [5.74, 6) is -1.09. The van der Waals surface area contributed by atoms with Crippen molar-refractivity contribution in [3.05, 3.63) is 94.6 Å². The first kappa shape index (κ1) is 39.9. The van der Waals surface area contributed by atoms with E-state index in [-0.39, 0.29) is 37.7 Å². The van der Waals surface area contributed by atoms with Gasteiger partial charge in [0.05, 0.1) is 35.3 Å². The molecule has 0 aliphatic rings. The standard InChI is InChI=1S/C39H50N6O6S/c1-5-26(4)21-41-36(47)20-35(46)32(17-25(2)3)43-38(49)34(19-29-23-52-24-42-29)44-37(48)33(45-39(50)51-22-27-11-7-6-8-12-27)18-28-15-16-40-31-14-10-9-13-30(28)31/h6-16,23-26,32-35,46H,5,17-22H2,1-4H3,(H,41,47)(H,43,49)(H,44,48)(H,45,50)/t26?,32?,33-,34-,35?/m0/s1. The van der Waals surface area contributed by atoms with E-state index >= 15 is 0 Å². The number of pyridine rings is 1. The van der Waals surface area contributed by atoms with Crippen molar-refractivity contribution in [3.63, 3.8) is 0 Å². The SMILES string of the molecule is CCC(C)CNC(=O)CC(O)C(CC(C)C)NC(=O)[C@H](Cc1cscn1)NC(=O)[C@H](Cc1ccnc2ccccc12)NC(=O)OCc1ccccc1. The lowest BCUT2D eigenvalue weighted by molar-refractivity contribution is -0.131. The minimum Gasteiger partial charge on any atom is -0.445 e. The van der Waals surface area contributed by atoms with E-state index in [4.69, 9.17) is 4.74 Å². The normalized spacial score (nSPS) is 14.1. The third kappa shape index (κ3) is 12.7. The Balaban J connectivity index is 1.54. The molecule has 4 aromatic rings. The highest BCUT2D eigenvalue weighted by Gasteiger charge is 2.32. The zero-order valence-electron chi connectivity index (χ0n) is 30.2. The summed E-state index contributed by atoms with van der Waals surface area (Å²) >= 11 is 1.36. The quantitative estimate of drug-likeness (QED) is 0.0924. The number of hydrogen-bond acceptors (Lipinski definition) is 9. The summed E-state index contributed by atoms with van der Waals surface area (Å²) in [6.07, 6.45) is 0.950. The van der Waals surface area contributed by atoms with E-state index < -0.39 is 42.1 Å². The highest BCUT2D eigenvalue weighted by atomic mass is 32.1. The molecule has 0 saturated carbocycles. The fourth-order valence-corrected chi connectivity index (χ4v) is 6.21. The molecule has 0 saturated heterocycles. The summed E-state index contributed by atoms with van der Waals surface area (Å²) in [5, 5.41) is 25.1. The molecular formula is C39H50N6O6S. The zero-order chi connectivity index (χ0) is 37.5. The number of rotatable bonds is 19. The van der Waals surface area contributed by atoms with Gasteiger partial charge in [0.25, 0.3) is 0 Å². The first-order valence-electron chi connectivity index (χ1n) is 17.7. The van der Waals surface area contributed by atoms with E-state index in [0.717, 1.165) is 28.5 Å². The molecule has 52 heavy (non-hydrogen) atoms. The van der Waals surface area contributed by atoms with Gasteiger partial charge in [0.15, 0.2) is 0 Å². The van der Waals surface area contributed by atoms with Gasteiger partial charge in [-0.1, -0.05) is 82.6 Å². The van der Waals surface area contributed by atoms with Crippen LogP contribution in [0.2, 0.25) is 0 Å². The minimum absolute atomic E-state index is 0.00325. The lowest BCUT2D eigenvalue weighted by atomic mass is 9.96. The third-order valence-corrected chi connectivity index (χ3v) is 9.41. The maximum Gasteiger partial charge on any atom is 0.408 e. The van der Waals surface area contributed by atoms with Crippen LogP contribution in [-0.2, 0) is 38.6 Å². The Labute approximate surface area is 309 Å². The van der Waals surface area contributed by atoms with Gasteiger partial charge >= 0.3 is 6.09 Å². The van der Waals surface area contributed by atoms with Gasteiger partial charge in [-0.2, -0.15) is 0 Å². The van der Waals surface area contributed by atoms with E-state index in [1.807, 2.05) is 82.3 Å². The molecule has 0 aliphatic carbocycles. The van der Waals surface area contributed by atoms with Crippen LogP contribution in [0.1, 0.15) is 63.8 Å². The molecule has 0 radical (unpaired) electrons. The van der Waals surface area contributed by atoms with Gasteiger partial charge in [-0.05, 0) is 41.5 Å². The Hall–Kier alpha value is -4.88. The number of benzene rings is 2. The van der Waals surface area contributed by atoms with Crippen LogP contribution in [0, 0.1) is 11.8 Å². The van der Waals surface area contributed by atoms with Gasteiger partial charge in [-0.15, -0.1) is 11.3 Å². The fourth-order valence-electron chi connectivity index (χ4n) is 5.64. The molecule has 4 rings (SSSR count). The van der Waals surface area contributed by atoms with Gasteiger partial charge in [0.1, 0.15) is 18.7 Å². The Kier molecular flexibility index (Phi) is 15.5. The van der Waals surface area contributed by atoms with Crippen molar-refractivity contribution in [2.45, 2.75) is 90.6 Å². The topological polar surface area (TPSA) is 172 Å². The molecule has 4 amide bonds. The van der Waals surface area contributed by atoms with Crippen molar-refractivity contribution < 1.29 is 29.0 Å². The second-order valence-electron chi connectivity index (χ2n) is 13.5. The number of ether oxygens (including phenoxy) is 1. The Morgan fingerprint density at radius 3 is 2.29 bits per heavy atom. The molecule has 278 valence electrons. The molecule has 2 heterocycles. The van der Waals surface area contributed by atoms with Crippen molar-refractivity contribution in [2.24, 2.45) is 11.8 Å². The minimum atomic E-state index is -1.16. The first-order chi connectivity index (χ1) is 25.0. The first-order valence-corrected chi connectivity index (χ1v) is 18.7. The number of carbonyl (C=O) groups is 4. The van der Waals surface area contributed by atoms with Gasteiger partial charge in [0.2, 0.25) is 17.7 Å². The Morgan fingerprint density at radius 1 is 0.865 bits per heavy atom. The van der Waals surface area contributed by atoms with E-state index in [1.54, 1.807) is 23.2 Å². The number of nitrogens with zero attached hydrogens (tertiary/aromatic N) is 2. The average Bonchev–Trinajstić information content (AvgIpc) is 3.65. The van der Waals surface area contributed by atoms with Crippen LogP contribution in [0.25, 0.3) is 10.9 Å². The summed E-state index contributed by atoms with van der Waals surface area (Å²) in [5.41, 5.74) is 4.50. The predicted octanol–water partition coefficient (Wildman–Crippen LogP) is 4.70. The van der Waals surface area contributed by atoms with Crippen LogP contribution >= 0.6 is 11.3 Å². The molecule has 0 bridgehead atoms. The smallest absolute Gasteiger partial charge is 0.408 e. The van der Waals surface area contributed by atoms with E-state index in [9.17, 15) is 24.3 Å². The summed E-state index contributed by atoms with van der Waals surface area (Å²) in [6.45, 7) is 8.48. The van der Waals surface area contributed by atoms with Crippen molar-refractivity contribution in [1.82, 2.24) is 31.2 Å². The van der Waals surface area contributed by atoms with Crippen LogP contribution in [0.4, 0.5) is 4.79 Å². The zero-order valence-corrected chi connectivity index (χ0v) is 31.0. The molecule has 3 unspecified atom stereocenters. The number of amides is 4. The third-order valence-electron chi connectivity index (χ3n) is 8.77. The highest BCUT2D eigenvalue weighted by molar-refractivity contribution is 7.07. The molecule has 5 N–H and O–H groups in total. The summed E-state index contributed by atoms with van der Waals surface area (Å²) < 4.78 is 5.47. The summed E-state index contributed by atoms with van der Waals surface area (Å²) in [6, 6.07) is 15.4. The lowest BCUT2D eigenvalue weighted by Gasteiger charge is -2.29. The molecule has 0 spiro atoms. The van der Waals surface area contributed by atoms with Crippen LogP contribution in [-0.4, -0.2) is 69.7 Å². The molecule has 5 atom stereocenters. The molecule has 13 heteroatoms. The maximum absolute atomic E-state index is 14.1. The van der Waals surface area contributed by atoms with Crippen LogP contribution in [0.3, 0.4) is 0 Å². The largest absolute Gasteiger partial charge is 0.445 e. The molecule has 0 aliphatic heterocycles. The van der Waals surface area contributed by atoms with E-state index in [0.29, 0.717) is 24.6 Å². The summed E-state index contributed by atoms with van der Waals surface area (Å²) in [4.78, 5) is 62.6. The molecular weight excluding hydrogens is 681 g/mol. The lowest BCUT2D eigenvalue weighted by Crippen LogP contribution is -2.57. The van der Waals surface area contributed by atoms with Crippen molar-refractivity contribution in [1.29, 1.82) is 0 Å². The summed E-state index contributed by atoms with van der Waals surface area (Å²) in [7, 11) is 0. The number of aromatic nitrogens is 2. The number of carbonyl (C=O) groups excluding carboxylic acids is 4. The fraction of sp³-hybridized carbons (Fsp3) is 0.436. The average molecular weight is 731 g/mol. The highest BCUT2D eigenvalue weighted by Crippen LogP contribution is 2.19. The Morgan fingerprint density at radius 2 is 1.58 bits per heavy atom. The number of hydrogen-bond donors (Lipinski definition) is 5. The van der Waals surface area contributed by atoms with Gasteiger partial charge in [-0.3, -0.25) is 19.4 Å². The number of fused-ring (bicyclic) bond motifs is 1. The molecule has 0 fully saturated rings. The number of para-hydroxylation sites is 1. The van der Waals surface area contributed by atoms with Crippen LogP contribution < -0.4 is 21.3 Å². The van der Waals surface area contributed by atoms with Crippen molar-refractivity contribution in [2.75, 3.05) is 6.54 Å². The maximum atomic E-state index is 14.1. The second kappa shape index (κ2) is 20.2. The molecule has 12 nitrogen and oxygen atoms in total. The number of aliphatic hydroxyl groups is 1. The second-order valence-corrected chi connectivity index (χ2v) is 14.2. The van der Waals surface area contributed by atoms with Crippen molar-refractivity contribution in [3.8, 4) is 0 Å². The van der Waals surface area contributed by atoms with Crippen LogP contribution in [0.15, 0.2) is 77.8 Å². The van der Waals surface area contributed by atoms with E-state index in [1.165, 1.54) is 11.3 Å². The number of aliphatic hydroxyl groups excluding tert-OH is 1. The Bertz CT molecular complexity index is 1730. The number of alkyl carbamates (subject to hydrolysis) is 1.